The monoisotopic (exact) mass is 236 g/mol. The van der Waals surface area contributed by atoms with Crippen LogP contribution in [-0.2, 0) is 0 Å². The fourth-order valence-corrected chi connectivity index (χ4v) is 1.47. The van der Waals surface area contributed by atoms with Gasteiger partial charge in [0.1, 0.15) is 5.82 Å². The zero-order chi connectivity index (χ0) is 12.3. The average molecular weight is 236 g/mol. The van der Waals surface area contributed by atoms with Crippen LogP contribution in [0.1, 0.15) is 31.6 Å². The second-order valence-electron chi connectivity index (χ2n) is 3.74. The fraction of sp³-hybridized carbons (Fsp3) is 0.364. The van der Waals surface area contributed by atoms with Gasteiger partial charge in [-0.3, -0.25) is 4.98 Å². The van der Waals surface area contributed by atoms with E-state index >= 15 is 0 Å². The number of pyridine rings is 1. The van der Waals surface area contributed by atoms with Crippen molar-refractivity contribution in [3.8, 4) is 11.5 Å². The van der Waals surface area contributed by atoms with E-state index in [9.17, 15) is 4.39 Å². The van der Waals surface area contributed by atoms with Crippen molar-refractivity contribution >= 4 is 0 Å². The first-order valence-corrected chi connectivity index (χ1v) is 5.40. The molecule has 0 bridgehead atoms. The summed E-state index contributed by atoms with van der Waals surface area (Å²) in [6.07, 6.45) is 4.29. The van der Waals surface area contributed by atoms with Crippen molar-refractivity contribution < 1.29 is 8.91 Å². The van der Waals surface area contributed by atoms with E-state index in [-0.39, 0.29) is 11.9 Å². The molecule has 0 fully saturated rings. The molecule has 2 heterocycles. The smallest absolute Gasteiger partial charge is 0.259 e. The van der Waals surface area contributed by atoms with Crippen LogP contribution in [0.2, 0.25) is 0 Å². The number of nitrogens with zero attached hydrogens (tertiary/aromatic N) is 3. The zero-order valence-corrected chi connectivity index (χ0v) is 9.43. The van der Waals surface area contributed by atoms with E-state index in [0.29, 0.717) is 11.4 Å². The van der Waals surface area contributed by atoms with Crippen molar-refractivity contribution in [1.29, 1.82) is 0 Å². The van der Waals surface area contributed by atoms with Gasteiger partial charge in [0.25, 0.3) is 5.89 Å². The molecule has 17 heavy (non-hydrogen) atoms. The van der Waals surface area contributed by atoms with Crippen LogP contribution in [0, 0.1) is 5.82 Å². The Hall–Kier alpha value is -1.82. The molecule has 0 amide bonds. The summed E-state index contributed by atoms with van der Waals surface area (Å²) in [5.41, 5.74) is 6.30. The number of aromatic nitrogens is 3. The summed E-state index contributed by atoms with van der Waals surface area (Å²) >= 11 is 0. The highest BCUT2D eigenvalue weighted by Crippen LogP contribution is 2.19. The summed E-state index contributed by atoms with van der Waals surface area (Å²) < 4.78 is 18.0. The lowest BCUT2D eigenvalue weighted by Gasteiger charge is -2.02. The zero-order valence-electron chi connectivity index (χ0n) is 9.43. The molecule has 0 saturated heterocycles. The lowest BCUT2D eigenvalue weighted by molar-refractivity contribution is 0.413. The molecule has 0 radical (unpaired) electrons. The van der Waals surface area contributed by atoms with Gasteiger partial charge in [0.05, 0.1) is 17.8 Å². The number of halogens is 1. The summed E-state index contributed by atoms with van der Waals surface area (Å²) in [7, 11) is 0. The standard InChI is InChI=1S/C11H13FN4O/c1-2-3-9(13)10-15-11(17-16-10)7-4-8(12)6-14-5-7/h4-6,9H,2-3,13H2,1H3. The third-order valence-corrected chi connectivity index (χ3v) is 2.32. The molecule has 0 aliphatic rings. The normalized spacial score (nSPS) is 12.6. The minimum atomic E-state index is -0.444. The van der Waals surface area contributed by atoms with Gasteiger partial charge in [0.2, 0.25) is 0 Å². The van der Waals surface area contributed by atoms with Crippen molar-refractivity contribution in [2.24, 2.45) is 5.73 Å². The molecular weight excluding hydrogens is 223 g/mol. The minimum Gasteiger partial charge on any atom is -0.334 e. The van der Waals surface area contributed by atoms with Gasteiger partial charge in [0, 0.05) is 6.20 Å². The summed E-state index contributed by atoms with van der Waals surface area (Å²) in [5, 5.41) is 3.78. The van der Waals surface area contributed by atoms with Crippen molar-refractivity contribution in [3.63, 3.8) is 0 Å². The van der Waals surface area contributed by atoms with Gasteiger partial charge in [-0.15, -0.1) is 0 Å². The molecule has 6 heteroatoms. The van der Waals surface area contributed by atoms with Crippen molar-refractivity contribution in [2.75, 3.05) is 0 Å². The molecule has 0 aliphatic heterocycles. The van der Waals surface area contributed by atoms with Crippen LogP contribution in [-0.4, -0.2) is 15.1 Å². The molecule has 90 valence electrons. The Bertz CT molecular complexity index is 500. The fourth-order valence-electron chi connectivity index (χ4n) is 1.47. The molecule has 2 aromatic rings. The summed E-state index contributed by atoms with van der Waals surface area (Å²) in [4.78, 5) is 7.85. The van der Waals surface area contributed by atoms with E-state index in [0.717, 1.165) is 19.0 Å². The lowest BCUT2D eigenvalue weighted by atomic mass is 10.2. The third-order valence-electron chi connectivity index (χ3n) is 2.32. The Morgan fingerprint density at radius 1 is 1.47 bits per heavy atom. The van der Waals surface area contributed by atoms with Crippen molar-refractivity contribution in [3.05, 3.63) is 30.1 Å². The maximum Gasteiger partial charge on any atom is 0.259 e. The molecule has 5 nitrogen and oxygen atoms in total. The maximum absolute atomic E-state index is 13.0. The third kappa shape index (κ3) is 2.65. The second kappa shape index (κ2) is 5.01. The molecule has 2 aromatic heterocycles. The van der Waals surface area contributed by atoms with E-state index in [1.165, 1.54) is 12.3 Å². The SMILES string of the molecule is CCCC(N)c1noc(-c2cncc(F)c2)n1. The van der Waals surface area contributed by atoms with Gasteiger partial charge in [0.15, 0.2) is 5.82 Å². The average Bonchev–Trinajstić information content (AvgIpc) is 2.78. The molecule has 0 spiro atoms. The van der Waals surface area contributed by atoms with Crippen LogP contribution in [0.4, 0.5) is 4.39 Å². The van der Waals surface area contributed by atoms with E-state index in [2.05, 4.69) is 15.1 Å². The van der Waals surface area contributed by atoms with Crippen molar-refractivity contribution in [1.82, 2.24) is 15.1 Å². The van der Waals surface area contributed by atoms with Gasteiger partial charge < -0.3 is 10.3 Å². The molecule has 1 unspecified atom stereocenters. The maximum atomic E-state index is 13.0. The van der Waals surface area contributed by atoms with E-state index < -0.39 is 5.82 Å². The summed E-state index contributed by atoms with van der Waals surface area (Å²) in [6.45, 7) is 2.03. The highest BCUT2D eigenvalue weighted by Gasteiger charge is 2.14. The first kappa shape index (κ1) is 11.7. The highest BCUT2D eigenvalue weighted by atomic mass is 19.1. The Morgan fingerprint density at radius 3 is 3.00 bits per heavy atom. The van der Waals surface area contributed by atoms with Crippen LogP contribution in [0.3, 0.4) is 0 Å². The van der Waals surface area contributed by atoms with E-state index in [1.54, 1.807) is 0 Å². The largest absolute Gasteiger partial charge is 0.334 e. The van der Waals surface area contributed by atoms with Crippen LogP contribution >= 0.6 is 0 Å². The van der Waals surface area contributed by atoms with Crippen LogP contribution in [0.5, 0.6) is 0 Å². The summed E-state index contributed by atoms with van der Waals surface area (Å²) in [5.74, 6) is 0.227. The Balaban J connectivity index is 2.23. The molecule has 2 N–H and O–H groups in total. The summed E-state index contributed by atoms with van der Waals surface area (Å²) in [6, 6.07) is 1.04. The predicted molar refractivity (Wildman–Crippen MR) is 59.3 cm³/mol. The van der Waals surface area contributed by atoms with Crippen LogP contribution in [0.25, 0.3) is 11.5 Å². The van der Waals surface area contributed by atoms with E-state index in [4.69, 9.17) is 10.3 Å². The number of rotatable bonds is 4. The molecular formula is C11H13FN4O. The quantitative estimate of drug-likeness (QED) is 0.879. The van der Waals surface area contributed by atoms with Crippen LogP contribution in [0.15, 0.2) is 23.0 Å². The number of nitrogens with two attached hydrogens (primary N) is 1. The number of hydrogen-bond donors (Lipinski definition) is 1. The molecule has 1 atom stereocenters. The van der Waals surface area contributed by atoms with Gasteiger partial charge in [-0.1, -0.05) is 18.5 Å². The van der Waals surface area contributed by atoms with Crippen LogP contribution < -0.4 is 5.73 Å². The Labute approximate surface area is 97.9 Å². The van der Waals surface area contributed by atoms with Gasteiger partial charge in [-0.25, -0.2) is 4.39 Å². The Morgan fingerprint density at radius 2 is 2.29 bits per heavy atom. The van der Waals surface area contributed by atoms with Gasteiger partial charge >= 0.3 is 0 Å². The topological polar surface area (TPSA) is 77.8 Å². The lowest BCUT2D eigenvalue weighted by Crippen LogP contribution is -2.11. The van der Waals surface area contributed by atoms with Crippen molar-refractivity contribution in [2.45, 2.75) is 25.8 Å². The first-order chi connectivity index (χ1) is 8.20. The van der Waals surface area contributed by atoms with Gasteiger partial charge in [-0.05, 0) is 12.5 Å². The molecule has 2 rings (SSSR count). The minimum absolute atomic E-state index is 0.235. The first-order valence-electron chi connectivity index (χ1n) is 5.40. The second-order valence-corrected chi connectivity index (χ2v) is 3.74. The van der Waals surface area contributed by atoms with E-state index in [1.807, 2.05) is 6.92 Å². The Kier molecular flexibility index (Phi) is 3.43. The van der Waals surface area contributed by atoms with Gasteiger partial charge in [-0.2, -0.15) is 4.98 Å². The molecule has 0 aromatic carbocycles. The predicted octanol–water partition coefficient (Wildman–Crippen LogP) is 2.07. The number of hydrogen-bond acceptors (Lipinski definition) is 5. The highest BCUT2D eigenvalue weighted by molar-refractivity contribution is 5.50. The molecule has 0 saturated carbocycles. The molecule has 0 aliphatic carbocycles.